The van der Waals surface area contributed by atoms with Crippen LogP contribution < -0.4 is 0 Å². The molecule has 2 nitrogen and oxygen atoms in total. The van der Waals surface area contributed by atoms with Gasteiger partial charge in [-0.25, -0.2) is 0 Å². The van der Waals surface area contributed by atoms with E-state index in [4.69, 9.17) is 32.7 Å². The van der Waals surface area contributed by atoms with Crippen LogP contribution in [-0.2, 0) is 9.47 Å². The molecule has 0 radical (unpaired) electrons. The first-order valence-electron chi connectivity index (χ1n) is 3.16. The third kappa shape index (κ3) is 6.62. The fourth-order valence-electron chi connectivity index (χ4n) is 0.363. The number of rotatable bonds is 6. The van der Waals surface area contributed by atoms with Crippen LogP contribution in [-0.4, -0.2) is 31.3 Å². The molecule has 0 aromatic rings. The maximum Gasteiger partial charge on any atom is 0.146 e. The summed E-state index contributed by atoms with van der Waals surface area (Å²) in [7, 11) is 0. The second kappa shape index (κ2) is 7.61. The molecule has 0 saturated heterocycles. The fourth-order valence-corrected chi connectivity index (χ4v) is 0.541. The van der Waals surface area contributed by atoms with Crippen molar-refractivity contribution >= 4 is 23.2 Å². The van der Waals surface area contributed by atoms with E-state index < -0.39 is 0 Å². The van der Waals surface area contributed by atoms with Gasteiger partial charge in [-0.2, -0.15) is 0 Å². The van der Waals surface area contributed by atoms with Crippen LogP contribution in [0, 0.1) is 0 Å². The van der Waals surface area contributed by atoms with Gasteiger partial charge in [0.1, 0.15) is 6.79 Å². The smallest absolute Gasteiger partial charge is 0.146 e. The predicted octanol–water partition coefficient (Wildman–Crippen LogP) is 1.84. The van der Waals surface area contributed by atoms with E-state index in [0.29, 0.717) is 25.9 Å². The molecule has 0 aliphatic heterocycles. The van der Waals surface area contributed by atoms with Crippen molar-refractivity contribution in [1.82, 2.24) is 0 Å². The molecule has 0 aromatic heterocycles. The van der Waals surface area contributed by atoms with Gasteiger partial charge in [-0.05, 0) is 6.92 Å². The highest BCUT2D eigenvalue weighted by atomic mass is 35.5. The van der Waals surface area contributed by atoms with E-state index in [1.807, 2.05) is 6.92 Å². The maximum atomic E-state index is 5.63. The Morgan fingerprint density at radius 2 is 2.10 bits per heavy atom. The van der Waals surface area contributed by atoms with Crippen LogP contribution in [0.3, 0.4) is 0 Å². The summed E-state index contributed by atoms with van der Waals surface area (Å²) in [4.78, 5) is 0. The van der Waals surface area contributed by atoms with E-state index in [2.05, 4.69) is 0 Å². The van der Waals surface area contributed by atoms with Crippen molar-refractivity contribution in [1.29, 1.82) is 0 Å². The third-order valence-electron chi connectivity index (χ3n) is 0.837. The Labute approximate surface area is 71.4 Å². The molecular weight excluding hydrogens is 175 g/mol. The minimum Gasteiger partial charge on any atom is -0.356 e. The van der Waals surface area contributed by atoms with Gasteiger partial charge in [-0.1, -0.05) is 0 Å². The monoisotopic (exact) mass is 186 g/mol. The molecule has 1 unspecified atom stereocenters. The molecule has 0 fully saturated rings. The molecule has 10 heavy (non-hydrogen) atoms. The van der Waals surface area contributed by atoms with Crippen LogP contribution in [0.5, 0.6) is 0 Å². The maximum absolute atomic E-state index is 5.63. The highest BCUT2D eigenvalue weighted by Gasteiger charge is 2.00. The van der Waals surface area contributed by atoms with E-state index in [0.717, 1.165) is 0 Å². The zero-order valence-corrected chi connectivity index (χ0v) is 7.49. The standard InChI is InChI=1S/C6H12Cl2O2/c1-2-9-5-10-4-6(8)3-7/h6H,2-5H2,1H3. The van der Waals surface area contributed by atoms with Crippen molar-refractivity contribution in [2.45, 2.75) is 12.3 Å². The van der Waals surface area contributed by atoms with Gasteiger partial charge in [0.05, 0.1) is 12.0 Å². The Hall–Kier alpha value is 0.500. The Kier molecular flexibility index (Phi) is 7.99. The summed E-state index contributed by atoms with van der Waals surface area (Å²) in [5, 5.41) is -0.109. The number of hydrogen-bond donors (Lipinski definition) is 0. The molecule has 0 saturated carbocycles. The summed E-state index contributed by atoms with van der Waals surface area (Å²) < 4.78 is 9.89. The Balaban J connectivity index is 2.89. The molecular formula is C6H12Cl2O2. The molecule has 1 atom stereocenters. The number of alkyl halides is 2. The van der Waals surface area contributed by atoms with E-state index in [1.165, 1.54) is 0 Å². The first-order valence-corrected chi connectivity index (χ1v) is 4.13. The first kappa shape index (κ1) is 10.5. The van der Waals surface area contributed by atoms with Crippen molar-refractivity contribution < 1.29 is 9.47 Å². The van der Waals surface area contributed by atoms with Gasteiger partial charge in [0.2, 0.25) is 0 Å². The highest BCUT2D eigenvalue weighted by molar-refractivity contribution is 6.28. The summed E-state index contributed by atoms with van der Waals surface area (Å²) in [6, 6.07) is 0. The second-order valence-electron chi connectivity index (χ2n) is 1.73. The largest absolute Gasteiger partial charge is 0.356 e. The lowest BCUT2D eigenvalue weighted by atomic mass is 10.5. The SMILES string of the molecule is CCOCOCC(Cl)CCl. The molecule has 0 N–H and O–H groups in total. The summed E-state index contributed by atoms with van der Waals surface area (Å²) >= 11 is 11.0. The van der Waals surface area contributed by atoms with Crippen molar-refractivity contribution in [2.75, 3.05) is 25.9 Å². The molecule has 0 spiro atoms. The van der Waals surface area contributed by atoms with Gasteiger partial charge in [0.15, 0.2) is 0 Å². The Bertz CT molecular complexity index is 70.8. The van der Waals surface area contributed by atoms with E-state index in [-0.39, 0.29) is 5.38 Å². The molecule has 0 amide bonds. The topological polar surface area (TPSA) is 18.5 Å². The molecule has 0 rings (SSSR count). The third-order valence-corrected chi connectivity index (χ3v) is 1.65. The minimum atomic E-state index is -0.109. The molecule has 62 valence electrons. The molecule has 4 heteroatoms. The Morgan fingerprint density at radius 3 is 2.60 bits per heavy atom. The van der Waals surface area contributed by atoms with Gasteiger partial charge in [-0.15, -0.1) is 23.2 Å². The van der Waals surface area contributed by atoms with Gasteiger partial charge < -0.3 is 9.47 Å². The minimum absolute atomic E-state index is 0.109. The van der Waals surface area contributed by atoms with E-state index >= 15 is 0 Å². The zero-order chi connectivity index (χ0) is 7.82. The molecule has 0 aliphatic rings. The zero-order valence-electron chi connectivity index (χ0n) is 5.98. The van der Waals surface area contributed by atoms with Crippen molar-refractivity contribution in [3.8, 4) is 0 Å². The molecule has 0 aromatic carbocycles. The normalized spacial score (nSPS) is 13.5. The number of ether oxygens (including phenoxy) is 2. The van der Waals surface area contributed by atoms with Crippen molar-refractivity contribution in [3.63, 3.8) is 0 Å². The summed E-state index contributed by atoms with van der Waals surface area (Å²) in [6.45, 7) is 3.32. The first-order chi connectivity index (χ1) is 4.81. The van der Waals surface area contributed by atoms with E-state index in [1.54, 1.807) is 0 Å². The fraction of sp³-hybridized carbons (Fsp3) is 1.00. The summed E-state index contributed by atoms with van der Waals surface area (Å²) in [5.41, 5.74) is 0. The van der Waals surface area contributed by atoms with E-state index in [9.17, 15) is 0 Å². The second-order valence-corrected chi connectivity index (χ2v) is 2.66. The quantitative estimate of drug-likeness (QED) is 0.359. The number of hydrogen-bond acceptors (Lipinski definition) is 2. The van der Waals surface area contributed by atoms with Crippen molar-refractivity contribution in [2.24, 2.45) is 0 Å². The van der Waals surface area contributed by atoms with Gasteiger partial charge in [0, 0.05) is 12.5 Å². The van der Waals surface area contributed by atoms with Gasteiger partial charge in [0.25, 0.3) is 0 Å². The van der Waals surface area contributed by atoms with Crippen LogP contribution in [0.2, 0.25) is 0 Å². The van der Waals surface area contributed by atoms with Crippen molar-refractivity contribution in [3.05, 3.63) is 0 Å². The van der Waals surface area contributed by atoms with Crippen LogP contribution in [0.15, 0.2) is 0 Å². The van der Waals surface area contributed by atoms with Crippen LogP contribution in [0.25, 0.3) is 0 Å². The summed E-state index contributed by atoms with van der Waals surface area (Å²) in [6.07, 6.45) is 0. The average Bonchev–Trinajstić information content (AvgIpc) is 1.98. The lowest BCUT2D eigenvalue weighted by Gasteiger charge is -2.05. The Morgan fingerprint density at radius 1 is 1.40 bits per heavy atom. The number of halogens is 2. The van der Waals surface area contributed by atoms with Gasteiger partial charge >= 0.3 is 0 Å². The van der Waals surface area contributed by atoms with Crippen LogP contribution in [0.1, 0.15) is 6.92 Å². The predicted molar refractivity (Wildman–Crippen MR) is 42.8 cm³/mol. The average molecular weight is 187 g/mol. The summed E-state index contributed by atoms with van der Waals surface area (Å²) in [5.74, 6) is 0.410. The van der Waals surface area contributed by atoms with Gasteiger partial charge in [-0.3, -0.25) is 0 Å². The molecule has 0 aliphatic carbocycles. The van der Waals surface area contributed by atoms with Crippen LogP contribution in [0.4, 0.5) is 0 Å². The lowest BCUT2D eigenvalue weighted by molar-refractivity contribution is -0.0480. The molecule has 0 bridgehead atoms. The highest BCUT2D eigenvalue weighted by Crippen LogP contribution is 1.98. The van der Waals surface area contributed by atoms with Crippen LogP contribution >= 0.6 is 23.2 Å². The molecule has 0 heterocycles. The lowest BCUT2D eigenvalue weighted by Crippen LogP contribution is -2.12.